The minimum atomic E-state index is -1.06. The summed E-state index contributed by atoms with van der Waals surface area (Å²) in [4.78, 5) is 36.9. The van der Waals surface area contributed by atoms with Gasteiger partial charge in [-0.15, -0.1) is 0 Å². The number of aromatic carboxylic acids is 1. The second-order valence-electron chi connectivity index (χ2n) is 6.12. The van der Waals surface area contributed by atoms with Gasteiger partial charge in [-0.3, -0.25) is 9.59 Å². The zero-order valence-corrected chi connectivity index (χ0v) is 13.9. The molecule has 0 radical (unpaired) electrons. The molecule has 128 valence electrons. The van der Waals surface area contributed by atoms with Crippen LogP contribution in [0.4, 0.5) is 11.4 Å². The van der Waals surface area contributed by atoms with E-state index in [1.807, 2.05) is 32.0 Å². The first kappa shape index (κ1) is 16.7. The molecule has 0 unspecified atom stereocenters. The van der Waals surface area contributed by atoms with Crippen LogP contribution in [0.25, 0.3) is 0 Å². The number of imide groups is 1. The van der Waals surface area contributed by atoms with E-state index >= 15 is 0 Å². The van der Waals surface area contributed by atoms with E-state index in [0.717, 1.165) is 21.7 Å². The molecule has 6 heteroatoms. The fourth-order valence-electron chi connectivity index (χ4n) is 2.80. The Hall–Kier alpha value is -3.15. The molecule has 1 saturated heterocycles. The molecule has 6 nitrogen and oxygen atoms in total. The van der Waals surface area contributed by atoms with Gasteiger partial charge in [0, 0.05) is 5.69 Å². The minimum absolute atomic E-state index is 0.0619. The van der Waals surface area contributed by atoms with Crippen LogP contribution in [0, 0.1) is 13.8 Å². The number of hydrogen-bond acceptors (Lipinski definition) is 4. The first-order chi connectivity index (χ1) is 11.9. The van der Waals surface area contributed by atoms with Gasteiger partial charge in [0.25, 0.3) is 5.91 Å². The van der Waals surface area contributed by atoms with Gasteiger partial charge in [-0.25, -0.2) is 9.69 Å². The molecule has 1 atom stereocenters. The van der Waals surface area contributed by atoms with Crippen LogP contribution in [0.1, 0.15) is 27.9 Å². The van der Waals surface area contributed by atoms with E-state index in [-0.39, 0.29) is 23.8 Å². The predicted molar refractivity (Wildman–Crippen MR) is 93.8 cm³/mol. The Morgan fingerprint density at radius 1 is 1.08 bits per heavy atom. The fourth-order valence-corrected chi connectivity index (χ4v) is 2.80. The molecule has 2 aromatic rings. The van der Waals surface area contributed by atoms with Gasteiger partial charge in [0.15, 0.2) is 0 Å². The average molecular weight is 338 g/mol. The highest BCUT2D eigenvalue weighted by atomic mass is 16.4. The molecule has 0 spiro atoms. The Morgan fingerprint density at radius 3 is 2.36 bits per heavy atom. The summed E-state index contributed by atoms with van der Waals surface area (Å²) in [6.45, 7) is 3.99. The molecule has 0 aliphatic carbocycles. The van der Waals surface area contributed by atoms with E-state index in [0.29, 0.717) is 5.69 Å². The highest BCUT2D eigenvalue weighted by molar-refractivity contribution is 6.23. The average Bonchev–Trinajstić information content (AvgIpc) is 2.85. The van der Waals surface area contributed by atoms with Crippen LogP contribution in [0.3, 0.4) is 0 Å². The number of aryl methyl sites for hydroxylation is 2. The Morgan fingerprint density at radius 2 is 1.76 bits per heavy atom. The van der Waals surface area contributed by atoms with Crippen LogP contribution in [0.2, 0.25) is 0 Å². The van der Waals surface area contributed by atoms with E-state index < -0.39 is 12.0 Å². The maximum Gasteiger partial charge on any atom is 0.335 e. The quantitative estimate of drug-likeness (QED) is 0.837. The lowest BCUT2D eigenvalue weighted by molar-refractivity contribution is -0.121. The molecule has 3 rings (SSSR count). The summed E-state index contributed by atoms with van der Waals surface area (Å²) in [6.07, 6.45) is 0.0619. The Kier molecular flexibility index (Phi) is 4.27. The minimum Gasteiger partial charge on any atom is -0.478 e. The molecule has 1 fully saturated rings. The number of carbonyl (C=O) groups excluding carboxylic acids is 2. The van der Waals surface area contributed by atoms with Crippen molar-refractivity contribution in [2.45, 2.75) is 26.3 Å². The van der Waals surface area contributed by atoms with Crippen molar-refractivity contribution in [3.8, 4) is 0 Å². The van der Waals surface area contributed by atoms with E-state index in [1.54, 1.807) is 0 Å². The lowest BCUT2D eigenvalue weighted by Gasteiger charge is -2.16. The summed E-state index contributed by atoms with van der Waals surface area (Å²) < 4.78 is 0. The summed E-state index contributed by atoms with van der Waals surface area (Å²) in [5, 5.41) is 12.0. The number of benzene rings is 2. The van der Waals surface area contributed by atoms with Crippen LogP contribution in [-0.4, -0.2) is 28.9 Å². The third kappa shape index (κ3) is 3.24. The SMILES string of the molecule is Cc1ccc(N[C@H]2CC(=O)N(c3ccc(C(=O)O)cc3)C2=O)cc1C. The highest BCUT2D eigenvalue weighted by Crippen LogP contribution is 2.26. The van der Waals surface area contributed by atoms with Crippen LogP contribution < -0.4 is 10.2 Å². The normalized spacial score (nSPS) is 17.0. The summed E-state index contributed by atoms with van der Waals surface area (Å²) in [7, 11) is 0. The van der Waals surface area contributed by atoms with E-state index in [9.17, 15) is 14.4 Å². The first-order valence-corrected chi connectivity index (χ1v) is 7.91. The molecule has 0 bridgehead atoms. The van der Waals surface area contributed by atoms with E-state index in [2.05, 4.69) is 5.32 Å². The first-order valence-electron chi connectivity index (χ1n) is 7.91. The van der Waals surface area contributed by atoms with Crippen LogP contribution in [-0.2, 0) is 9.59 Å². The third-order valence-electron chi connectivity index (χ3n) is 4.37. The number of carbonyl (C=O) groups is 3. The number of carboxylic acids is 1. The monoisotopic (exact) mass is 338 g/mol. The highest BCUT2D eigenvalue weighted by Gasteiger charge is 2.39. The van der Waals surface area contributed by atoms with Crippen molar-refractivity contribution in [2.24, 2.45) is 0 Å². The Bertz CT molecular complexity index is 858. The summed E-state index contributed by atoms with van der Waals surface area (Å²) >= 11 is 0. The molecule has 1 heterocycles. The van der Waals surface area contributed by atoms with E-state index in [4.69, 9.17) is 5.11 Å². The standard InChI is InChI=1S/C19H18N2O4/c1-11-3-6-14(9-12(11)2)20-16-10-17(22)21(18(16)23)15-7-4-13(5-8-15)19(24)25/h3-9,16,20H,10H2,1-2H3,(H,24,25)/t16-/m0/s1. The van der Waals surface area contributed by atoms with E-state index in [1.165, 1.54) is 24.3 Å². The van der Waals surface area contributed by atoms with Crippen molar-refractivity contribution in [3.63, 3.8) is 0 Å². The maximum atomic E-state index is 12.6. The van der Waals surface area contributed by atoms with Crippen LogP contribution >= 0.6 is 0 Å². The maximum absolute atomic E-state index is 12.6. The molecular formula is C19H18N2O4. The summed E-state index contributed by atoms with van der Waals surface area (Å²) in [5.74, 6) is -1.71. The van der Waals surface area contributed by atoms with Crippen LogP contribution in [0.15, 0.2) is 42.5 Å². The molecule has 0 saturated carbocycles. The number of rotatable bonds is 4. The number of nitrogens with zero attached hydrogens (tertiary/aromatic N) is 1. The van der Waals surface area contributed by atoms with Crippen molar-refractivity contribution in [3.05, 3.63) is 59.2 Å². The van der Waals surface area contributed by atoms with Gasteiger partial charge in [-0.05, 0) is 61.4 Å². The summed E-state index contributed by atoms with van der Waals surface area (Å²) in [5.41, 5.74) is 3.52. The predicted octanol–water partition coefficient (Wildman–Crippen LogP) is 2.75. The molecule has 1 aliphatic rings. The Balaban J connectivity index is 1.79. The van der Waals surface area contributed by atoms with Crippen molar-refractivity contribution >= 4 is 29.2 Å². The van der Waals surface area contributed by atoms with Gasteiger partial charge in [-0.2, -0.15) is 0 Å². The lowest BCUT2D eigenvalue weighted by Crippen LogP contribution is -2.34. The van der Waals surface area contributed by atoms with Gasteiger partial charge in [0.1, 0.15) is 6.04 Å². The van der Waals surface area contributed by atoms with Gasteiger partial charge in [0.05, 0.1) is 17.7 Å². The van der Waals surface area contributed by atoms with Gasteiger partial charge in [0.2, 0.25) is 5.91 Å². The number of hydrogen-bond donors (Lipinski definition) is 2. The van der Waals surface area contributed by atoms with Crippen molar-refractivity contribution in [2.75, 3.05) is 10.2 Å². The van der Waals surface area contributed by atoms with Crippen LogP contribution in [0.5, 0.6) is 0 Å². The number of carboxylic acid groups (broad SMARTS) is 1. The molecule has 25 heavy (non-hydrogen) atoms. The largest absolute Gasteiger partial charge is 0.478 e. The molecular weight excluding hydrogens is 320 g/mol. The van der Waals surface area contributed by atoms with Crippen molar-refractivity contribution in [1.82, 2.24) is 0 Å². The Labute approximate surface area is 145 Å². The molecule has 0 aromatic heterocycles. The lowest BCUT2D eigenvalue weighted by atomic mass is 10.1. The third-order valence-corrected chi connectivity index (χ3v) is 4.37. The van der Waals surface area contributed by atoms with Gasteiger partial charge >= 0.3 is 5.97 Å². The number of nitrogens with one attached hydrogen (secondary N) is 1. The topological polar surface area (TPSA) is 86.7 Å². The van der Waals surface area contributed by atoms with Crippen molar-refractivity contribution < 1.29 is 19.5 Å². The number of amides is 2. The molecule has 1 aliphatic heterocycles. The zero-order valence-electron chi connectivity index (χ0n) is 13.9. The van der Waals surface area contributed by atoms with Gasteiger partial charge < -0.3 is 10.4 Å². The molecule has 2 aromatic carbocycles. The number of anilines is 2. The zero-order chi connectivity index (χ0) is 18.1. The second kappa shape index (κ2) is 6.39. The molecule has 2 N–H and O–H groups in total. The smallest absolute Gasteiger partial charge is 0.335 e. The molecule has 2 amide bonds. The van der Waals surface area contributed by atoms with Crippen molar-refractivity contribution in [1.29, 1.82) is 0 Å². The van der Waals surface area contributed by atoms with Gasteiger partial charge in [-0.1, -0.05) is 6.07 Å². The summed E-state index contributed by atoms with van der Waals surface area (Å²) in [6, 6.07) is 10.8. The second-order valence-corrected chi connectivity index (χ2v) is 6.12. The fraction of sp³-hybridized carbons (Fsp3) is 0.211.